The third kappa shape index (κ3) is 3.84. The van der Waals surface area contributed by atoms with Gasteiger partial charge in [-0.2, -0.15) is 0 Å². The Morgan fingerprint density at radius 2 is 0.923 bits per heavy atom. The molecule has 1 radical (unpaired) electrons. The Labute approximate surface area is 86.7 Å². The second kappa shape index (κ2) is 6.64. The van der Waals surface area contributed by atoms with Crippen molar-refractivity contribution in [1.82, 2.24) is 0 Å². The van der Waals surface area contributed by atoms with Gasteiger partial charge in [-0.05, 0) is 16.6 Å². The average molecular weight is 199 g/mol. The molecule has 1 heteroatoms. The molecular weight excluding hydrogens is 172 g/mol. The van der Waals surface area contributed by atoms with Gasteiger partial charge in [-0.15, -0.1) is 0 Å². The van der Waals surface area contributed by atoms with Crippen LogP contribution in [0.1, 0.15) is 60.8 Å². The standard InChI is InChI=1S/C12H27Si/c1-7-10(4)13(11(5)8-2)12(6)9-3/h10-12H,7-9H2,1-6H3. The van der Waals surface area contributed by atoms with Crippen LogP contribution in [0.4, 0.5) is 0 Å². The van der Waals surface area contributed by atoms with Crippen molar-refractivity contribution >= 4 is 8.80 Å². The molecule has 0 aliphatic rings. The van der Waals surface area contributed by atoms with Crippen molar-refractivity contribution < 1.29 is 0 Å². The fourth-order valence-corrected chi connectivity index (χ4v) is 6.49. The summed E-state index contributed by atoms with van der Waals surface area (Å²) in [5, 5.41) is 0. The van der Waals surface area contributed by atoms with E-state index >= 15 is 0 Å². The zero-order valence-electron chi connectivity index (χ0n) is 10.4. The molecule has 3 atom stereocenters. The monoisotopic (exact) mass is 199 g/mol. The van der Waals surface area contributed by atoms with Crippen LogP contribution in [-0.2, 0) is 0 Å². The Morgan fingerprint density at radius 3 is 1.08 bits per heavy atom. The van der Waals surface area contributed by atoms with Gasteiger partial charge in [0.05, 0.1) is 8.80 Å². The Hall–Kier alpha value is 0.217. The Morgan fingerprint density at radius 1 is 0.692 bits per heavy atom. The predicted molar refractivity (Wildman–Crippen MR) is 64.9 cm³/mol. The van der Waals surface area contributed by atoms with E-state index in [1.165, 1.54) is 19.3 Å². The fraction of sp³-hybridized carbons (Fsp3) is 1.00. The van der Waals surface area contributed by atoms with Crippen LogP contribution < -0.4 is 0 Å². The summed E-state index contributed by atoms with van der Waals surface area (Å²) >= 11 is 0. The van der Waals surface area contributed by atoms with Crippen LogP contribution in [0.5, 0.6) is 0 Å². The molecule has 79 valence electrons. The molecule has 13 heavy (non-hydrogen) atoms. The lowest BCUT2D eigenvalue weighted by atomic mass is 10.3. The van der Waals surface area contributed by atoms with E-state index in [-0.39, 0.29) is 8.80 Å². The molecule has 3 unspecified atom stereocenters. The molecule has 0 heterocycles. The molecular formula is C12H27Si. The lowest BCUT2D eigenvalue weighted by molar-refractivity contribution is 0.720. The zero-order chi connectivity index (χ0) is 10.4. The van der Waals surface area contributed by atoms with Gasteiger partial charge in [0.1, 0.15) is 0 Å². The second-order valence-electron chi connectivity index (χ2n) is 4.43. The minimum atomic E-state index is -0.130. The maximum Gasteiger partial charge on any atom is 0.0569 e. The first kappa shape index (κ1) is 13.2. The molecule has 0 saturated heterocycles. The van der Waals surface area contributed by atoms with Gasteiger partial charge in [-0.3, -0.25) is 0 Å². The molecule has 0 bridgehead atoms. The van der Waals surface area contributed by atoms with Gasteiger partial charge in [-0.1, -0.05) is 60.8 Å². The lowest BCUT2D eigenvalue weighted by Crippen LogP contribution is -2.28. The van der Waals surface area contributed by atoms with Crippen LogP contribution in [-0.4, -0.2) is 8.80 Å². The molecule has 0 fully saturated rings. The quantitative estimate of drug-likeness (QED) is 0.535. The van der Waals surface area contributed by atoms with Crippen molar-refractivity contribution in [1.29, 1.82) is 0 Å². The molecule has 0 rings (SSSR count). The van der Waals surface area contributed by atoms with E-state index < -0.39 is 0 Å². The summed E-state index contributed by atoms with van der Waals surface area (Å²) in [4.78, 5) is 0. The second-order valence-corrected chi connectivity index (χ2v) is 8.38. The topological polar surface area (TPSA) is 0 Å². The van der Waals surface area contributed by atoms with Crippen LogP contribution in [0, 0.1) is 0 Å². The summed E-state index contributed by atoms with van der Waals surface area (Å²) in [6, 6.07) is 0. The van der Waals surface area contributed by atoms with Gasteiger partial charge in [0.25, 0.3) is 0 Å². The normalized spacial score (nSPS) is 18.7. The maximum absolute atomic E-state index is 2.46. The summed E-state index contributed by atoms with van der Waals surface area (Å²) < 4.78 is 0. The van der Waals surface area contributed by atoms with Crippen molar-refractivity contribution in [3.05, 3.63) is 0 Å². The van der Waals surface area contributed by atoms with E-state index in [1.54, 1.807) is 0 Å². The largest absolute Gasteiger partial charge is 0.0654 e. The summed E-state index contributed by atoms with van der Waals surface area (Å²) in [5.41, 5.74) is 2.99. The average Bonchev–Trinajstić information content (AvgIpc) is 2.16. The number of hydrogen-bond donors (Lipinski definition) is 0. The van der Waals surface area contributed by atoms with Crippen molar-refractivity contribution in [3.8, 4) is 0 Å². The first-order chi connectivity index (χ1) is 6.08. The smallest absolute Gasteiger partial charge is 0.0569 e. The van der Waals surface area contributed by atoms with Crippen LogP contribution in [0.2, 0.25) is 16.6 Å². The van der Waals surface area contributed by atoms with E-state index in [1.807, 2.05) is 0 Å². The highest BCUT2D eigenvalue weighted by molar-refractivity contribution is 6.63. The first-order valence-corrected chi connectivity index (χ1v) is 7.68. The molecule has 0 aromatic rings. The summed E-state index contributed by atoms with van der Waals surface area (Å²) in [7, 11) is -0.130. The van der Waals surface area contributed by atoms with Crippen molar-refractivity contribution in [3.63, 3.8) is 0 Å². The van der Waals surface area contributed by atoms with Crippen molar-refractivity contribution in [2.75, 3.05) is 0 Å². The summed E-state index contributed by atoms with van der Waals surface area (Å²) in [6.45, 7) is 14.4. The van der Waals surface area contributed by atoms with Gasteiger partial charge in [0.2, 0.25) is 0 Å². The third-order valence-electron chi connectivity index (χ3n) is 3.54. The Kier molecular flexibility index (Phi) is 6.75. The molecule has 0 amide bonds. The lowest BCUT2D eigenvalue weighted by Gasteiger charge is -2.31. The molecule has 0 aromatic heterocycles. The molecule has 0 spiro atoms. The summed E-state index contributed by atoms with van der Waals surface area (Å²) in [6.07, 6.45) is 4.13. The highest BCUT2D eigenvalue weighted by Gasteiger charge is 2.27. The van der Waals surface area contributed by atoms with Crippen molar-refractivity contribution in [2.24, 2.45) is 0 Å². The molecule has 0 nitrogen and oxygen atoms in total. The number of rotatable bonds is 6. The van der Waals surface area contributed by atoms with Gasteiger partial charge < -0.3 is 0 Å². The first-order valence-electron chi connectivity index (χ1n) is 5.94. The highest BCUT2D eigenvalue weighted by Crippen LogP contribution is 2.35. The third-order valence-corrected chi connectivity index (χ3v) is 8.18. The number of hydrogen-bond acceptors (Lipinski definition) is 0. The molecule has 0 aromatic carbocycles. The van der Waals surface area contributed by atoms with E-state index in [2.05, 4.69) is 41.5 Å². The molecule has 0 saturated carbocycles. The molecule has 0 N–H and O–H groups in total. The molecule has 0 aliphatic heterocycles. The zero-order valence-corrected chi connectivity index (χ0v) is 11.4. The Balaban J connectivity index is 4.34. The minimum absolute atomic E-state index is 0.130. The molecule has 0 aliphatic carbocycles. The van der Waals surface area contributed by atoms with E-state index in [0.29, 0.717) is 0 Å². The minimum Gasteiger partial charge on any atom is -0.0654 e. The van der Waals surface area contributed by atoms with E-state index in [4.69, 9.17) is 0 Å². The van der Waals surface area contributed by atoms with Crippen LogP contribution in [0.25, 0.3) is 0 Å². The van der Waals surface area contributed by atoms with Crippen LogP contribution in [0.15, 0.2) is 0 Å². The maximum atomic E-state index is 2.46. The highest BCUT2D eigenvalue weighted by atomic mass is 28.3. The van der Waals surface area contributed by atoms with Gasteiger partial charge >= 0.3 is 0 Å². The van der Waals surface area contributed by atoms with E-state index in [0.717, 1.165) is 16.6 Å². The van der Waals surface area contributed by atoms with E-state index in [9.17, 15) is 0 Å². The van der Waals surface area contributed by atoms with Crippen molar-refractivity contribution in [2.45, 2.75) is 77.4 Å². The SMILES string of the molecule is CCC(C)[Si](C(C)CC)C(C)CC. The summed E-state index contributed by atoms with van der Waals surface area (Å²) in [5.74, 6) is 0. The van der Waals surface area contributed by atoms with Gasteiger partial charge in [-0.25, -0.2) is 0 Å². The van der Waals surface area contributed by atoms with Gasteiger partial charge in [0, 0.05) is 0 Å². The van der Waals surface area contributed by atoms with Gasteiger partial charge in [0.15, 0.2) is 0 Å². The fourth-order valence-electron chi connectivity index (χ4n) is 2.16. The van der Waals surface area contributed by atoms with Crippen LogP contribution >= 0.6 is 0 Å². The van der Waals surface area contributed by atoms with Crippen LogP contribution in [0.3, 0.4) is 0 Å². The predicted octanol–water partition coefficient (Wildman–Crippen LogP) is 4.88. The Bertz CT molecular complexity index is 98.5.